The van der Waals surface area contributed by atoms with Gasteiger partial charge in [-0.25, -0.2) is 0 Å². The third kappa shape index (κ3) is 3.14. The smallest absolute Gasteiger partial charge is 0.262 e. The van der Waals surface area contributed by atoms with Crippen LogP contribution in [0, 0.1) is 6.92 Å². The van der Waals surface area contributed by atoms with Crippen LogP contribution in [0.25, 0.3) is 0 Å². The number of hydrogen-bond donors (Lipinski definition) is 1. The molecule has 3 aromatic rings. The van der Waals surface area contributed by atoms with Gasteiger partial charge in [-0.3, -0.25) is 9.69 Å². The summed E-state index contributed by atoms with van der Waals surface area (Å²) in [6, 6.07) is 24.1. The largest absolute Gasteiger partial charge is 0.378 e. The van der Waals surface area contributed by atoms with Crippen molar-refractivity contribution in [3.05, 3.63) is 89.5 Å². The van der Waals surface area contributed by atoms with E-state index in [-0.39, 0.29) is 12.1 Å². The molecule has 0 fully saturated rings. The molecule has 4 rings (SSSR count). The van der Waals surface area contributed by atoms with Crippen molar-refractivity contribution in [3.63, 3.8) is 0 Å². The minimum absolute atomic E-state index is 0.0108. The van der Waals surface area contributed by atoms with E-state index in [9.17, 15) is 4.79 Å². The van der Waals surface area contributed by atoms with Gasteiger partial charge < -0.3 is 10.2 Å². The maximum Gasteiger partial charge on any atom is 0.262 e. The Bertz CT molecular complexity index is 979. The molecule has 0 saturated heterocycles. The summed E-state index contributed by atoms with van der Waals surface area (Å²) in [5.41, 5.74) is 5.76. The molecule has 4 nitrogen and oxygen atoms in total. The molecule has 3 aromatic carbocycles. The fourth-order valence-corrected chi connectivity index (χ4v) is 3.49. The standard InChI is InChI=1S/C23H23N3O/c1-16-7-6-8-19(15-16)26-22(17-11-13-18(14-12-17)25(2)3)24-21-10-5-4-9-20(21)23(26)27/h4-15,22,24H,1-3H3/t22-/m1/s1. The Hall–Kier alpha value is -3.27. The number of rotatable bonds is 3. The fourth-order valence-electron chi connectivity index (χ4n) is 3.49. The highest BCUT2D eigenvalue weighted by molar-refractivity contribution is 6.12. The fraction of sp³-hybridized carbons (Fsp3) is 0.174. The first-order chi connectivity index (χ1) is 13.0. The van der Waals surface area contributed by atoms with Crippen LogP contribution >= 0.6 is 0 Å². The molecule has 1 amide bonds. The second-order valence-corrected chi connectivity index (χ2v) is 7.09. The number of amides is 1. The molecule has 1 atom stereocenters. The first-order valence-electron chi connectivity index (χ1n) is 9.08. The second-order valence-electron chi connectivity index (χ2n) is 7.09. The summed E-state index contributed by atoms with van der Waals surface area (Å²) < 4.78 is 0. The lowest BCUT2D eigenvalue weighted by atomic mass is 10.0. The van der Waals surface area contributed by atoms with Crippen molar-refractivity contribution >= 4 is 23.0 Å². The van der Waals surface area contributed by atoms with Crippen LogP contribution in [-0.4, -0.2) is 20.0 Å². The first kappa shape index (κ1) is 17.2. The maximum atomic E-state index is 13.4. The van der Waals surface area contributed by atoms with Crippen LogP contribution < -0.4 is 15.1 Å². The van der Waals surface area contributed by atoms with Gasteiger partial charge in [-0.2, -0.15) is 0 Å². The van der Waals surface area contributed by atoms with Gasteiger partial charge in [0, 0.05) is 31.2 Å². The van der Waals surface area contributed by atoms with Gasteiger partial charge in [0.25, 0.3) is 5.91 Å². The lowest BCUT2D eigenvalue weighted by Gasteiger charge is -2.38. The van der Waals surface area contributed by atoms with Crippen LogP contribution in [0.15, 0.2) is 72.8 Å². The van der Waals surface area contributed by atoms with E-state index in [1.807, 2.05) is 68.4 Å². The minimum atomic E-state index is -0.259. The van der Waals surface area contributed by atoms with Crippen LogP contribution in [0.5, 0.6) is 0 Å². The summed E-state index contributed by atoms with van der Waals surface area (Å²) >= 11 is 0. The molecule has 136 valence electrons. The van der Waals surface area contributed by atoms with Gasteiger partial charge in [-0.05, 0) is 54.4 Å². The predicted molar refractivity (Wildman–Crippen MR) is 112 cm³/mol. The summed E-state index contributed by atoms with van der Waals surface area (Å²) in [5.74, 6) is 0.0108. The average molecular weight is 357 g/mol. The van der Waals surface area contributed by atoms with Gasteiger partial charge in [0.05, 0.1) is 5.56 Å². The molecular formula is C23H23N3O. The number of para-hydroxylation sites is 1. The van der Waals surface area contributed by atoms with Gasteiger partial charge in [0.15, 0.2) is 0 Å². The second kappa shape index (κ2) is 6.80. The van der Waals surface area contributed by atoms with E-state index in [0.717, 1.165) is 28.2 Å². The monoisotopic (exact) mass is 357 g/mol. The van der Waals surface area contributed by atoms with Crippen LogP contribution in [0.4, 0.5) is 17.1 Å². The molecule has 0 aliphatic carbocycles. The lowest BCUT2D eigenvalue weighted by molar-refractivity contribution is 0.0975. The first-order valence-corrected chi connectivity index (χ1v) is 9.08. The van der Waals surface area contributed by atoms with E-state index in [1.165, 1.54) is 0 Å². The van der Waals surface area contributed by atoms with E-state index < -0.39 is 0 Å². The van der Waals surface area contributed by atoms with Gasteiger partial charge >= 0.3 is 0 Å². The highest BCUT2D eigenvalue weighted by Gasteiger charge is 2.33. The van der Waals surface area contributed by atoms with Crippen LogP contribution in [0.1, 0.15) is 27.7 Å². The molecule has 4 heteroatoms. The van der Waals surface area contributed by atoms with Crippen molar-refractivity contribution in [1.29, 1.82) is 0 Å². The molecular weight excluding hydrogens is 334 g/mol. The van der Waals surface area contributed by atoms with E-state index in [2.05, 4.69) is 40.5 Å². The normalized spacial score (nSPS) is 15.9. The van der Waals surface area contributed by atoms with Gasteiger partial charge in [0.1, 0.15) is 6.17 Å². The minimum Gasteiger partial charge on any atom is -0.378 e. The molecule has 27 heavy (non-hydrogen) atoms. The van der Waals surface area contributed by atoms with Crippen LogP contribution in [0.3, 0.4) is 0 Å². The SMILES string of the molecule is Cc1cccc(N2C(=O)c3ccccc3N[C@H]2c2ccc(N(C)C)cc2)c1. The topological polar surface area (TPSA) is 35.6 Å². The summed E-state index contributed by atoms with van der Waals surface area (Å²) in [6.07, 6.45) is -0.259. The zero-order valence-electron chi connectivity index (χ0n) is 15.8. The van der Waals surface area contributed by atoms with E-state index >= 15 is 0 Å². The van der Waals surface area contributed by atoms with Gasteiger partial charge in [-0.1, -0.05) is 36.4 Å². The van der Waals surface area contributed by atoms with E-state index in [0.29, 0.717) is 5.56 Å². The number of carbonyl (C=O) groups excluding carboxylic acids is 1. The van der Waals surface area contributed by atoms with Crippen molar-refractivity contribution in [1.82, 2.24) is 0 Å². The number of carbonyl (C=O) groups is 1. The quantitative estimate of drug-likeness (QED) is 0.729. The Labute approximate surface area is 160 Å². The summed E-state index contributed by atoms with van der Waals surface area (Å²) in [4.78, 5) is 17.3. The maximum absolute atomic E-state index is 13.4. The highest BCUT2D eigenvalue weighted by Crippen LogP contribution is 2.37. The molecule has 1 aliphatic rings. The summed E-state index contributed by atoms with van der Waals surface area (Å²) in [6.45, 7) is 2.04. The van der Waals surface area contributed by atoms with Gasteiger partial charge in [0.2, 0.25) is 0 Å². The number of benzene rings is 3. The van der Waals surface area contributed by atoms with Crippen molar-refractivity contribution in [2.45, 2.75) is 13.1 Å². The van der Waals surface area contributed by atoms with Crippen LogP contribution in [-0.2, 0) is 0 Å². The Kier molecular flexibility index (Phi) is 4.32. The number of nitrogens with one attached hydrogen (secondary N) is 1. The van der Waals surface area contributed by atoms with Gasteiger partial charge in [-0.15, -0.1) is 0 Å². The molecule has 1 N–H and O–H groups in total. The molecule has 0 unspecified atom stereocenters. The van der Waals surface area contributed by atoms with E-state index in [4.69, 9.17) is 0 Å². The zero-order valence-corrected chi connectivity index (χ0v) is 15.8. The molecule has 1 heterocycles. The molecule has 0 saturated carbocycles. The van der Waals surface area contributed by atoms with Crippen molar-refractivity contribution in [3.8, 4) is 0 Å². The molecule has 0 aromatic heterocycles. The van der Waals surface area contributed by atoms with Crippen LogP contribution in [0.2, 0.25) is 0 Å². The lowest BCUT2D eigenvalue weighted by Crippen LogP contribution is -2.43. The Morgan fingerprint density at radius 1 is 0.926 bits per heavy atom. The third-order valence-electron chi connectivity index (χ3n) is 4.93. The van der Waals surface area contributed by atoms with Crippen molar-refractivity contribution in [2.75, 3.05) is 29.2 Å². The van der Waals surface area contributed by atoms with Crippen molar-refractivity contribution < 1.29 is 4.79 Å². The Morgan fingerprint density at radius 3 is 2.37 bits per heavy atom. The Balaban J connectivity index is 1.82. The predicted octanol–water partition coefficient (Wildman–Crippen LogP) is 4.83. The summed E-state index contributed by atoms with van der Waals surface area (Å²) in [5, 5.41) is 3.55. The summed E-state index contributed by atoms with van der Waals surface area (Å²) in [7, 11) is 4.04. The Morgan fingerprint density at radius 2 is 1.67 bits per heavy atom. The molecule has 0 bridgehead atoms. The highest BCUT2D eigenvalue weighted by atomic mass is 16.2. The zero-order chi connectivity index (χ0) is 19.0. The number of hydrogen-bond acceptors (Lipinski definition) is 3. The van der Waals surface area contributed by atoms with Crippen molar-refractivity contribution in [2.24, 2.45) is 0 Å². The number of fused-ring (bicyclic) bond motifs is 1. The third-order valence-corrected chi connectivity index (χ3v) is 4.93. The molecule has 1 aliphatic heterocycles. The molecule has 0 radical (unpaired) electrons. The number of nitrogens with zero attached hydrogens (tertiary/aromatic N) is 2. The van der Waals surface area contributed by atoms with E-state index in [1.54, 1.807) is 0 Å². The number of aryl methyl sites for hydroxylation is 1. The molecule has 0 spiro atoms. The average Bonchev–Trinajstić information content (AvgIpc) is 2.68. The number of anilines is 3.